The van der Waals surface area contributed by atoms with Crippen molar-refractivity contribution in [1.29, 1.82) is 0 Å². The van der Waals surface area contributed by atoms with Crippen LogP contribution in [0.5, 0.6) is 5.75 Å². The van der Waals surface area contributed by atoms with Gasteiger partial charge < -0.3 is 13.8 Å². The van der Waals surface area contributed by atoms with Crippen molar-refractivity contribution < 1.29 is 18.6 Å². The fourth-order valence-electron chi connectivity index (χ4n) is 4.10. The number of rotatable bonds is 3. The topological polar surface area (TPSA) is 38.5 Å². The van der Waals surface area contributed by atoms with E-state index in [4.69, 9.17) is 9.31 Å². The average Bonchev–Trinajstić information content (AvgIpc) is 2.99. The number of hydrogen-bond donors (Lipinski definition) is 0. The Labute approximate surface area is 164 Å². The third kappa shape index (κ3) is 2.62. The molecule has 0 radical (unpaired) electrons. The van der Waals surface area contributed by atoms with Crippen LogP contribution in [-0.4, -0.2) is 29.4 Å². The van der Waals surface area contributed by atoms with Crippen LogP contribution in [0.3, 0.4) is 0 Å². The van der Waals surface area contributed by atoms with Crippen LogP contribution in [0.15, 0.2) is 78.9 Å². The molecule has 0 saturated carbocycles. The highest BCUT2D eigenvalue weighted by Crippen LogP contribution is 2.32. The van der Waals surface area contributed by atoms with Crippen molar-refractivity contribution in [2.45, 2.75) is 19.4 Å². The predicted octanol–water partition coefficient (Wildman–Crippen LogP) is 2.83. The first-order valence-electron chi connectivity index (χ1n) is 9.55. The van der Waals surface area contributed by atoms with E-state index in [0.717, 1.165) is 27.9 Å². The molecule has 0 aliphatic carbocycles. The van der Waals surface area contributed by atoms with E-state index < -0.39 is 12.7 Å². The normalized spacial score (nSPS) is 22.5. The Morgan fingerprint density at radius 1 is 0.893 bits per heavy atom. The maximum atomic E-state index is 13.0. The number of carbonyl (C=O) groups excluding carboxylic acids is 1. The molecular weight excluding hydrogens is 349 g/mol. The SMILES string of the molecule is Cc1ccc([B-]23OC(=O)[C@H](Cc4ccccc4)[N+]2=Cc2ccccc2O3)cc1. The van der Waals surface area contributed by atoms with Crippen LogP contribution >= 0.6 is 0 Å². The second-order valence-corrected chi connectivity index (χ2v) is 7.46. The Kier molecular flexibility index (Phi) is 3.83. The molecule has 0 amide bonds. The number of aryl methyl sites for hydroxylation is 1. The number of benzene rings is 3. The van der Waals surface area contributed by atoms with Gasteiger partial charge in [0.1, 0.15) is 6.21 Å². The molecule has 2 aliphatic rings. The van der Waals surface area contributed by atoms with E-state index in [9.17, 15) is 4.79 Å². The molecule has 3 aromatic carbocycles. The fourth-order valence-corrected chi connectivity index (χ4v) is 4.10. The summed E-state index contributed by atoms with van der Waals surface area (Å²) in [7, 11) is 0. The van der Waals surface area contributed by atoms with Crippen molar-refractivity contribution in [2.24, 2.45) is 0 Å². The van der Waals surface area contributed by atoms with E-state index >= 15 is 0 Å². The number of para-hydroxylation sites is 1. The third-order valence-electron chi connectivity index (χ3n) is 5.56. The zero-order valence-electron chi connectivity index (χ0n) is 15.6. The first-order valence-corrected chi connectivity index (χ1v) is 9.55. The van der Waals surface area contributed by atoms with Crippen molar-refractivity contribution in [1.82, 2.24) is 0 Å². The van der Waals surface area contributed by atoms with Crippen LogP contribution in [0, 0.1) is 6.92 Å². The molecule has 1 saturated heterocycles. The lowest BCUT2D eigenvalue weighted by Crippen LogP contribution is -2.64. The van der Waals surface area contributed by atoms with E-state index in [0.29, 0.717) is 6.42 Å². The molecule has 2 atom stereocenters. The molecule has 138 valence electrons. The number of fused-ring (bicyclic) bond motifs is 2. The summed E-state index contributed by atoms with van der Waals surface area (Å²) in [5.41, 5.74) is 4.05. The van der Waals surface area contributed by atoms with Gasteiger partial charge in [0.2, 0.25) is 6.04 Å². The van der Waals surface area contributed by atoms with E-state index in [1.165, 1.54) is 0 Å². The second-order valence-electron chi connectivity index (χ2n) is 7.46. The van der Waals surface area contributed by atoms with Crippen LogP contribution in [0.2, 0.25) is 0 Å². The largest absolute Gasteiger partial charge is 0.682 e. The van der Waals surface area contributed by atoms with Gasteiger partial charge in [-0.3, -0.25) is 0 Å². The van der Waals surface area contributed by atoms with Gasteiger partial charge in [-0.25, -0.2) is 4.79 Å². The zero-order valence-corrected chi connectivity index (χ0v) is 15.6. The van der Waals surface area contributed by atoms with Crippen LogP contribution in [0.25, 0.3) is 0 Å². The molecule has 28 heavy (non-hydrogen) atoms. The van der Waals surface area contributed by atoms with Gasteiger partial charge in [-0.05, 0) is 30.1 Å². The summed E-state index contributed by atoms with van der Waals surface area (Å²) in [6.45, 7) is -0.0855. The molecule has 0 aromatic heterocycles. The molecule has 1 unspecified atom stereocenters. The summed E-state index contributed by atoms with van der Waals surface area (Å²) in [5, 5.41) is 0. The summed E-state index contributed by atoms with van der Waals surface area (Å²) >= 11 is 0. The van der Waals surface area contributed by atoms with Crippen molar-refractivity contribution >= 4 is 24.3 Å². The molecule has 5 heteroatoms. The van der Waals surface area contributed by atoms with Gasteiger partial charge in [-0.15, -0.1) is 0 Å². The Morgan fingerprint density at radius 2 is 1.61 bits per heavy atom. The minimum absolute atomic E-state index is 0.256. The van der Waals surface area contributed by atoms with E-state index in [1.54, 1.807) is 0 Å². The quantitative estimate of drug-likeness (QED) is 0.667. The van der Waals surface area contributed by atoms with Gasteiger partial charge in [0.25, 0.3) is 0 Å². The summed E-state index contributed by atoms with van der Waals surface area (Å²) in [4.78, 5) is 13.0. The lowest BCUT2D eigenvalue weighted by molar-refractivity contribution is -0.432. The minimum Gasteiger partial charge on any atom is -0.618 e. The molecule has 0 spiro atoms. The Morgan fingerprint density at radius 3 is 2.39 bits per heavy atom. The maximum Gasteiger partial charge on any atom is 0.682 e. The number of hydrogen-bond acceptors (Lipinski definition) is 3. The molecule has 0 N–H and O–H groups in total. The first-order chi connectivity index (χ1) is 13.7. The number of carbonyl (C=O) groups is 1. The van der Waals surface area contributed by atoms with E-state index in [2.05, 4.69) is 0 Å². The Balaban J connectivity index is 1.65. The zero-order chi connectivity index (χ0) is 19.1. The first kappa shape index (κ1) is 16.8. The highest BCUT2D eigenvalue weighted by atomic mass is 16.7. The summed E-state index contributed by atoms with van der Waals surface area (Å²) in [5.74, 6) is 0.473. The molecule has 1 fully saturated rings. The highest BCUT2D eigenvalue weighted by Gasteiger charge is 2.61. The summed E-state index contributed by atoms with van der Waals surface area (Å²) in [6, 6.07) is 25.4. The lowest BCUT2D eigenvalue weighted by Gasteiger charge is -2.35. The molecule has 3 aromatic rings. The monoisotopic (exact) mass is 369 g/mol. The van der Waals surface area contributed by atoms with Crippen molar-refractivity contribution in [3.8, 4) is 5.75 Å². The Hall–Kier alpha value is -3.34. The smallest absolute Gasteiger partial charge is 0.618 e. The van der Waals surface area contributed by atoms with Gasteiger partial charge in [0.05, 0.1) is 11.3 Å². The highest BCUT2D eigenvalue weighted by molar-refractivity contribution is 6.77. The van der Waals surface area contributed by atoms with Gasteiger partial charge in [0.15, 0.2) is 0 Å². The molecule has 0 bridgehead atoms. The van der Waals surface area contributed by atoms with Crippen LogP contribution in [0.1, 0.15) is 16.7 Å². The van der Waals surface area contributed by atoms with Crippen molar-refractivity contribution in [3.63, 3.8) is 0 Å². The molecular formula is C23H20BNO3. The Bertz CT molecular complexity index is 1080. The molecule has 5 rings (SSSR count). The van der Waals surface area contributed by atoms with Crippen LogP contribution < -0.4 is 10.1 Å². The van der Waals surface area contributed by atoms with Crippen molar-refractivity contribution in [2.75, 3.05) is 0 Å². The van der Waals surface area contributed by atoms with Gasteiger partial charge in [0, 0.05) is 6.42 Å². The van der Waals surface area contributed by atoms with Gasteiger partial charge in [-0.1, -0.05) is 72.3 Å². The van der Waals surface area contributed by atoms with Gasteiger partial charge in [-0.2, -0.15) is 0 Å². The van der Waals surface area contributed by atoms with Crippen LogP contribution in [-0.2, 0) is 15.9 Å². The van der Waals surface area contributed by atoms with Gasteiger partial charge >= 0.3 is 12.7 Å². The fraction of sp³-hybridized carbons (Fsp3) is 0.130. The molecule has 4 nitrogen and oxygen atoms in total. The summed E-state index contributed by atoms with van der Waals surface area (Å²) < 4.78 is 14.4. The van der Waals surface area contributed by atoms with E-state index in [-0.39, 0.29) is 5.97 Å². The van der Waals surface area contributed by atoms with Crippen molar-refractivity contribution in [3.05, 3.63) is 95.6 Å². The summed E-state index contributed by atoms with van der Waals surface area (Å²) in [6.07, 6.45) is 2.58. The number of nitrogens with zero attached hydrogens (tertiary/aromatic N) is 1. The standard InChI is InChI=1S/C23H20BNO3/c1-17-11-13-20(14-12-17)24-25(16-19-9-5-6-10-22(19)27-24)21(23(26)28-24)15-18-7-3-2-4-8-18/h2-14,16,21H,15H2,1H3/t21-,24?/m0/s1. The van der Waals surface area contributed by atoms with Crippen LogP contribution in [0.4, 0.5) is 0 Å². The molecule has 2 aliphatic heterocycles. The lowest BCUT2D eigenvalue weighted by atomic mass is 9.62. The average molecular weight is 369 g/mol. The molecule has 2 heterocycles. The van der Waals surface area contributed by atoms with E-state index in [1.807, 2.05) is 96.5 Å². The third-order valence-corrected chi connectivity index (χ3v) is 5.56. The second kappa shape index (κ2) is 6.38. The predicted molar refractivity (Wildman–Crippen MR) is 109 cm³/mol. The minimum atomic E-state index is -2.12. The maximum absolute atomic E-state index is 13.0.